The van der Waals surface area contributed by atoms with Crippen LogP contribution >= 0.6 is 0 Å². The van der Waals surface area contributed by atoms with Crippen LogP contribution in [-0.4, -0.2) is 25.2 Å². The molecular formula is C20H20FNO3S. The molecule has 6 heteroatoms. The van der Waals surface area contributed by atoms with Gasteiger partial charge in [-0.25, -0.2) is 17.1 Å². The van der Waals surface area contributed by atoms with Gasteiger partial charge in [0.15, 0.2) is 0 Å². The van der Waals surface area contributed by atoms with Gasteiger partial charge < -0.3 is 0 Å². The zero-order valence-electron chi connectivity index (χ0n) is 14.9. The smallest absolute Gasteiger partial charge is 0.266 e. The van der Waals surface area contributed by atoms with E-state index in [0.29, 0.717) is 0 Å². The molecule has 3 rings (SSSR count). The van der Waals surface area contributed by atoms with E-state index in [0.717, 1.165) is 15.4 Å². The molecule has 26 heavy (non-hydrogen) atoms. The third-order valence-electron chi connectivity index (χ3n) is 4.54. The summed E-state index contributed by atoms with van der Waals surface area (Å²) < 4.78 is 41.3. The van der Waals surface area contributed by atoms with Crippen molar-refractivity contribution in [2.75, 3.05) is 6.54 Å². The average Bonchev–Trinajstić information content (AvgIpc) is 2.90. The number of carbonyl (C=O) groups is 1. The molecule has 1 aliphatic heterocycles. The normalized spacial score (nSPS) is 19.8. The monoisotopic (exact) mass is 373 g/mol. The van der Waals surface area contributed by atoms with Crippen LogP contribution in [0.1, 0.15) is 23.6 Å². The highest BCUT2D eigenvalue weighted by molar-refractivity contribution is 7.89. The summed E-state index contributed by atoms with van der Waals surface area (Å²) in [7, 11) is -4.01. The molecule has 0 spiro atoms. The first-order chi connectivity index (χ1) is 12.2. The zero-order chi connectivity index (χ0) is 19.1. The van der Waals surface area contributed by atoms with Crippen molar-refractivity contribution in [1.29, 1.82) is 0 Å². The lowest BCUT2D eigenvalue weighted by atomic mass is 10.00. The standard InChI is InChI=1S/C20H20FNO3S/c1-13-4-8-16(9-5-13)19(21)18-15(3)12-22(20(18)23)26(24,25)17-10-6-14(2)7-11-17/h4-11,15H,12H2,1-3H3/b19-18+. The van der Waals surface area contributed by atoms with Crippen LogP contribution in [0.25, 0.3) is 5.83 Å². The van der Waals surface area contributed by atoms with Gasteiger partial charge in [-0.2, -0.15) is 0 Å². The Labute approximate surface area is 153 Å². The summed E-state index contributed by atoms with van der Waals surface area (Å²) in [6, 6.07) is 12.9. The molecule has 0 aromatic heterocycles. The molecular weight excluding hydrogens is 353 g/mol. The van der Waals surface area contributed by atoms with Crippen molar-refractivity contribution >= 4 is 21.8 Å². The Hall–Kier alpha value is -2.47. The Morgan fingerprint density at radius 1 is 1.00 bits per heavy atom. The number of halogens is 1. The van der Waals surface area contributed by atoms with Gasteiger partial charge in [-0.05, 0) is 26.0 Å². The van der Waals surface area contributed by atoms with Gasteiger partial charge in [0.1, 0.15) is 5.83 Å². The maximum atomic E-state index is 14.9. The maximum Gasteiger partial charge on any atom is 0.266 e. The minimum absolute atomic E-state index is 0.0284. The fourth-order valence-corrected chi connectivity index (χ4v) is 4.45. The van der Waals surface area contributed by atoms with Crippen molar-refractivity contribution in [2.45, 2.75) is 25.7 Å². The van der Waals surface area contributed by atoms with Crippen LogP contribution in [0.15, 0.2) is 59.0 Å². The molecule has 2 aromatic carbocycles. The molecule has 1 saturated heterocycles. The Morgan fingerprint density at radius 2 is 1.50 bits per heavy atom. The SMILES string of the molecule is Cc1ccc(/C(F)=C2\C(=O)N(S(=O)(=O)c3ccc(C)cc3)CC2C)cc1. The van der Waals surface area contributed by atoms with Gasteiger partial charge in [-0.3, -0.25) is 4.79 Å². The lowest BCUT2D eigenvalue weighted by Crippen LogP contribution is -2.32. The number of rotatable bonds is 3. The Morgan fingerprint density at radius 3 is 2.04 bits per heavy atom. The summed E-state index contributed by atoms with van der Waals surface area (Å²) in [5, 5.41) is 0. The highest BCUT2D eigenvalue weighted by Gasteiger charge is 2.42. The number of hydrogen-bond donors (Lipinski definition) is 0. The highest BCUT2D eigenvalue weighted by atomic mass is 32.2. The van der Waals surface area contributed by atoms with E-state index in [9.17, 15) is 17.6 Å². The van der Waals surface area contributed by atoms with E-state index in [-0.39, 0.29) is 22.6 Å². The number of carbonyl (C=O) groups excluding carboxylic acids is 1. The van der Waals surface area contributed by atoms with Crippen LogP contribution in [0, 0.1) is 19.8 Å². The summed E-state index contributed by atoms with van der Waals surface area (Å²) in [5.41, 5.74) is 2.07. The first-order valence-corrected chi connectivity index (χ1v) is 9.76. The summed E-state index contributed by atoms with van der Waals surface area (Å²) in [6.07, 6.45) is 0. The summed E-state index contributed by atoms with van der Waals surface area (Å²) in [5.74, 6) is -1.98. The molecule has 1 atom stereocenters. The summed E-state index contributed by atoms with van der Waals surface area (Å²) in [6.45, 7) is 5.32. The van der Waals surface area contributed by atoms with Crippen molar-refractivity contribution in [3.05, 3.63) is 70.8 Å². The van der Waals surface area contributed by atoms with E-state index in [1.165, 1.54) is 12.1 Å². The predicted molar refractivity (Wildman–Crippen MR) is 98.4 cm³/mol. The molecule has 0 radical (unpaired) electrons. The Balaban J connectivity index is 2.01. The minimum Gasteiger partial charge on any atom is -0.268 e. The van der Waals surface area contributed by atoms with Crippen LogP contribution < -0.4 is 0 Å². The minimum atomic E-state index is -4.01. The van der Waals surface area contributed by atoms with Gasteiger partial charge in [0.2, 0.25) is 0 Å². The van der Waals surface area contributed by atoms with E-state index in [4.69, 9.17) is 0 Å². The average molecular weight is 373 g/mol. The lowest BCUT2D eigenvalue weighted by molar-refractivity contribution is -0.120. The summed E-state index contributed by atoms with van der Waals surface area (Å²) in [4.78, 5) is 12.8. The number of hydrogen-bond acceptors (Lipinski definition) is 3. The maximum absolute atomic E-state index is 14.9. The topological polar surface area (TPSA) is 54.5 Å². The molecule has 0 saturated carbocycles. The fraction of sp³-hybridized carbons (Fsp3) is 0.250. The molecule has 136 valence electrons. The van der Waals surface area contributed by atoms with E-state index in [1.54, 1.807) is 43.3 Å². The third-order valence-corrected chi connectivity index (χ3v) is 6.30. The number of sulfonamides is 1. The lowest BCUT2D eigenvalue weighted by Gasteiger charge is -2.16. The molecule has 1 amide bonds. The summed E-state index contributed by atoms with van der Waals surface area (Å²) >= 11 is 0. The van der Waals surface area contributed by atoms with Gasteiger partial charge in [-0.15, -0.1) is 0 Å². The second-order valence-corrected chi connectivity index (χ2v) is 8.51. The van der Waals surface area contributed by atoms with Crippen molar-refractivity contribution < 1.29 is 17.6 Å². The van der Waals surface area contributed by atoms with E-state index < -0.39 is 27.7 Å². The van der Waals surface area contributed by atoms with Crippen LogP contribution in [0.2, 0.25) is 0 Å². The molecule has 0 N–H and O–H groups in total. The molecule has 2 aromatic rings. The third kappa shape index (κ3) is 3.17. The Kier molecular flexibility index (Phi) is 4.71. The van der Waals surface area contributed by atoms with E-state index in [2.05, 4.69) is 0 Å². The predicted octanol–water partition coefficient (Wildman–Crippen LogP) is 3.85. The highest BCUT2D eigenvalue weighted by Crippen LogP contribution is 2.35. The number of amides is 1. The molecule has 1 aliphatic rings. The van der Waals surface area contributed by atoms with Crippen molar-refractivity contribution in [2.24, 2.45) is 5.92 Å². The molecule has 4 nitrogen and oxygen atoms in total. The van der Waals surface area contributed by atoms with Crippen LogP contribution in [0.5, 0.6) is 0 Å². The number of nitrogens with zero attached hydrogens (tertiary/aromatic N) is 1. The fourth-order valence-electron chi connectivity index (χ4n) is 2.98. The van der Waals surface area contributed by atoms with Crippen molar-refractivity contribution in [3.8, 4) is 0 Å². The molecule has 0 aliphatic carbocycles. The quantitative estimate of drug-likeness (QED) is 0.768. The second-order valence-electron chi connectivity index (χ2n) is 6.65. The van der Waals surface area contributed by atoms with Gasteiger partial charge >= 0.3 is 0 Å². The van der Waals surface area contributed by atoms with Crippen LogP contribution in [0.3, 0.4) is 0 Å². The van der Waals surface area contributed by atoms with E-state index >= 15 is 0 Å². The van der Waals surface area contributed by atoms with Gasteiger partial charge in [0.25, 0.3) is 15.9 Å². The van der Waals surface area contributed by atoms with Gasteiger partial charge in [0.05, 0.1) is 10.5 Å². The largest absolute Gasteiger partial charge is 0.268 e. The van der Waals surface area contributed by atoms with Crippen molar-refractivity contribution in [3.63, 3.8) is 0 Å². The Bertz CT molecular complexity index is 977. The zero-order valence-corrected chi connectivity index (χ0v) is 15.7. The van der Waals surface area contributed by atoms with Gasteiger partial charge in [-0.1, -0.05) is 54.4 Å². The number of benzene rings is 2. The van der Waals surface area contributed by atoms with Crippen molar-refractivity contribution in [1.82, 2.24) is 4.31 Å². The van der Waals surface area contributed by atoms with Crippen LogP contribution in [0.4, 0.5) is 4.39 Å². The van der Waals surface area contributed by atoms with Gasteiger partial charge in [0, 0.05) is 18.0 Å². The number of aryl methyl sites for hydroxylation is 2. The molecule has 1 heterocycles. The first-order valence-electron chi connectivity index (χ1n) is 8.32. The first kappa shape index (κ1) is 18.3. The molecule has 1 fully saturated rings. The van der Waals surface area contributed by atoms with E-state index in [1.807, 2.05) is 13.8 Å². The van der Waals surface area contributed by atoms with Crippen LogP contribution in [-0.2, 0) is 14.8 Å². The molecule has 1 unspecified atom stereocenters. The molecule has 0 bridgehead atoms. The second kappa shape index (κ2) is 6.68.